The SMILES string of the molecule is CC.CC(=O)CC[C@@H](C=O)C(O)C(C)C.CNC(C(=O)NC(Cc1ccccc1)C(=O)N1CCCC(C(=O)OC)N1)C(C)C. The first kappa shape index (κ1) is 40.9. The van der Waals surface area contributed by atoms with E-state index in [4.69, 9.17) is 4.74 Å². The summed E-state index contributed by atoms with van der Waals surface area (Å²) in [5, 5.41) is 16.9. The van der Waals surface area contributed by atoms with E-state index < -0.39 is 36.1 Å². The van der Waals surface area contributed by atoms with Crippen molar-refractivity contribution in [3.8, 4) is 0 Å². The summed E-state index contributed by atoms with van der Waals surface area (Å²) in [4.78, 5) is 59.2. The molecule has 1 saturated heterocycles. The van der Waals surface area contributed by atoms with Crippen LogP contribution >= 0.6 is 0 Å². The van der Waals surface area contributed by atoms with Crippen LogP contribution in [-0.2, 0) is 35.1 Å². The molecule has 4 N–H and O–H groups in total. The van der Waals surface area contributed by atoms with Gasteiger partial charge in [-0.1, -0.05) is 71.9 Å². The summed E-state index contributed by atoms with van der Waals surface area (Å²) in [6, 6.07) is 7.83. The number of nitrogens with zero attached hydrogens (tertiary/aromatic N) is 1. The lowest BCUT2D eigenvalue weighted by atomic mass is 9.90. The zero-order chi connectivity index (χ0) is 33.8. The highest BCUT2D eigenvalue weighted by molar-refractivity contribution is 5.90. The molecule has 2 rings (SSSR count). The molecule has 0 aromatic heterocycles. The fourth-order valence-electron chi connectivity index (χ4n) is 4.71. The largest absolute Gasteiger partial charge is 0.468 e. The number of likely N-dealkylation sites (N-methyl/N-ethyl adjacent to an activating group) is 1. The van der Waals surface area contributed by atoms with Gasteiger partial charge in [-0.2, -0.15) is 0 Å². The summed E-state index contributed by atoms with van der Waals surface area (Å²) in [7, 11) is 3.05. The van der Waals surface area contributed by atoms with Crippen molar-refractivity contribution < 1.29 is 33.8 Å². The predicted octanol–water partition coefficient (Wildman–Crippen LogP) is 2.84. The number of carbonyl (C=O) groups is 5. The van der Waals surface area contributed by atoms with Gasteiger partial charge in [-0.3, -0.25) is 19.4 Å². The maximum atomic E-state index is 13.3. The van der Waals surface area contributed by atoms with Gasteiger partial charge in [0.25, 0.3) is 5.91 Å². The summed E-state index contributed by atoms with van der Waals surface area (Å²) >= 11 is 0. The van der Waals surface area contributed by atoms with Crippen LogP contribution in [0.3, 0.4) is 0 Å². The van der Waals surface area contributed by atoms with Crippen molar-refractivity contribution in [3.05, 3.63) is 35.9 Å². The van der Waals surface area contributed by atoms with Crippen LogP contribution in [0.15, 0.2) is 30.3 Å². The molecule has 0 saturated carbocycles. The molecule has 11 heteroatoms. The number of carbonyl (C=O) groups excluding carboxylic acids is 5. The van der Waals surface area contributed by atoms with Crippen LogP contribution in [0.5, 0.6) is 0 Å². The number of ether oxygens (including phenoxy) is 1. The average molecular weight is 621 g/mol. The van der Waals surface area contributed by atoms with Gasteiger partial charge in [0.05, 0.1) is 19.3 Å². The maximum absolute atomic E-state index is 13.3. The Morgan fingerprint density at radius 2 is 1.70 bits per heavy atom. The van der Waals surface area contributed by atoms with E-state index in [9.17, 15) is 29.1 Å². The third-order valence-corrected chi connectivity index (χ3v) is 7.22. The molecule has 1 heterocycles. The van der Waals surface area contributed by atoms with Gasteiger partial charge < -0.3 is 30.1 Å². The van der Waals surface area contributed by atoms with Crippen LogP contribution in [0.1, 0.15) is 79.7 Å². The van der Waals surface area contributed by atoms with E-state index in [0.717, 1.165) is 11.8 Å². The highest BCUT2D eigenvalue weighted by Gasteiger charge is 2.34. The third kappa shape index (κ3) is 14.5. The molecule has 0 radical (unpaired) electrons. The lowest BCUT2D eigenvalue weighted by Crippen LogP contribution is -2.61. The Morgan fingerprint density at radius 1 is 1.09 bits per heavy atom. The van der Waals surface area contributed by atoms with Crippen molar-refractivity contribution in [2.24, 2.45) is 17.8 Å². The number of esters is 1. The molecular formula is C33H56N4O7. The Balaban J connectivity index is 0.00000104. The lowest BCUT2D eigenvalue weighted by Gasteiger charge is -2.35. The molecule has 4 unspecified atom stereocenters. The van der Waals surface area contributed by atoms with Gasteiger partial charge in [0.15, 0.2) is 0 Å². The molecule has 1 aliphatic rings. The van der Waals surface area contributed by atoms with E-state index >= 15 is 0 Å². The van der Waals surface area contributed by atoms with Gasteiger partial charge in [0.2, 0.25) is 5.91 Å². The van der Waals surface area contributed by atoms with E-state index in [0.29, 0.717) is 38.6 Å². The number of nitrogens with one attached hydrogen (secondary N) is 3. The fourth-order valence-corrected chi connectivity index (χ4v) is 4.71. The van der Waals surface area contributed by atoms with Crippen molar-refractivity contribution in [3.63, 3.8) is 0 Å². The van der Waals surface area contributed by atoms with Crippen molar-refractivity contribution in [2.45, 2.75) is 105 Å². The minimum absolute atomic E-state index is 0.0576. The molecule has 44 heavy (non-hydrogen) atoms. The molecule has 2 amide bonds. The van der Waals surface area contributed by atoms with E-state index in [1.54, 1.807) is 7.05 Å². The van der Waals surface area contributed by atoms with Crippen molar-refractivity contribution in [1.82, 2.24) is 21.1 Å². The highest BCUT2D eigenvalue weighted by atomic mass is 16.5. The third-order valence-electron chi connectivity index (χ3n) is 7.22. The van der Waals surface area contributed by atoms with Crippen LogP contribution in [0, 0.1) is 17.8 Å². The van der Waals surface area contributed by atoms with Gasteiger partial charge >= 0.3 is 5.97 Å². The Morgan fingerprint density at radius 3 is 2.18 bits per heavy atom. The molecule has 250 valence electrons. The predicted molar refractivity (Wildman–Crippen MR) is 171 cm³/mol. The number of hydrazine groups is 1. The van der Waals surface area contributed by atoms with Crippen LogP contribution in [-0.4, -0.2) is 84.9 Å². The van der Waals surface area contributed by atoms with E-state index in [2.05, 4.69) is 16.1 Å². The number of methoxy groups -OCH3 is 1. The Hall–Kier alpha value is -3.15. The summed E-state index contributed by atoms with van der Waals surface area (Å²) in [6.07, 6.45) is 2.58. The number of benzene rings is 1. The number of rotatable bonds is 14. The van der Waals surface area contributed by atoms with Crippen LogP contribution in [0.25, 0.3) is 0 Å². The minimum Gasteiger partial charge on any atom is -0.468 e. The second-order valence-electron chi connectivity index (χ2n) is 11.4. The first-order chi connectivity index (χ1) is 20.9. The topological polar surface area (TPSA) is 154 Å². The van der Waals surface area contributed by atoms with Crippen LogP contribution in [0.4, 0.5) is 0 Å². The molecule has 11 nitrogen and oxygen atoms in total. The lowest BCUT2D eigenvalue weighted by molar-refractivity contribution is -0.151. The Kier molecular flexibility index (Phi) is 20.8. The molecule has 5 atom stereocenters. The van der Waals surface area contributed by atoms with Crippen molar-refractivity contribution in [2.75, 3.05) is 20.7 Å². The zero-order valence-corrected chi connectivity index (χ0v) is 28.1. The number of amides is 2. The van der Waals surface area contributed by atoms with Gasteiger partial charge in [-0.05, 0) is 50.6 Å². The summed E-state index contributed by atoms with van der Waals surface area (Å²) in [6.45, 7) is 13.6. The van der Waals surface area contributed by atoms with E-state index in [-0.39, 0.29) is 29.4 Å². The Labute approximate surface area is 263 Å². The quantitative estimate of drug-likeness (QED) is 0.182. The normalized spacial score (nSPS) is 17.1. The van der Waals surface area contributed by atoms with Gasteiger partial charge in [0.1, 0.15) is 24.2 Å². The first-order valence-electron chi connectivity index (χ1n) is 15.7. The van der Waals surface area contributed by atoms with Gasteiger partial charge in [-0.25, -0.2) is 5.43 Å². The summed E-state index contributed by atoms with van der Waals surface area (Å²) < 4.78 is 4.79. The second-order valence-corrected chi connectivity index (χ2v) is 11.4. The molecule has 1 fully saturated rings. The van der Waals surface area contributed by atoms with E-state index in [1.807, 2.05) is 71.9 Å². The molecule has 1 aromatic carbocycles. The monoisotopic (exact) mass is 620 g/mol. The molecule has 1 aromatic rings. The smallest absolute Gasteiger partial charge is 0.324 e. The second kappa shape index (κ2) is 22.4. The Bertz CT molecular complexity index is 1000. The number of aliphatic hydroxyl groups excluding tert-OH is 1. The highest BCUT2D eigenvalue weighted by Crippen LogP contribution is 2.16. The fraction of sp³-hybridized carbons (Fsp3) is 0.667. The summed E-state index contributed by atoms with van der Waals surface area (Å²) in [5.41, 5.74) is 3.89. The van der Waals surface area contributed by atoms with Crippen LogP contribution < -0.4 is 16.1 Å². The van der Waals surface area contributed by atoms with Gasteiger partial charge in [-0.15, -0.1) is 0 Å². The van der Waals surface area contributed by atoms with Crippen LogP contribution in [0.2, 0.25) is 0 Å². The average Bonchev–Trinajstić information content (AvgIpc) is 3.02. The number of aliphatic hydroxyl groups is 1. The number of aldehydes is 1. The molecule has 0 aliphatic carbocycles. The van der Waals surface area contributed by atoms with Crippen molar-refractivity contribution >= 4 is 29.9 Å². The zero-order valence-electron chi connectivity index (χ0n) is 28.1. The first-order valence-corrected chi connectivity index (χ1v) is 15.7. The number of ketones is 1. The summed E-state index contributed by atoms with van der Waals surface area (Å²) in [5.74, 6) is -1.10. The molecule has 0 bridgehead atoms. The molecular weight excluding hydrogens is 564 g/mol. The maximum Gasteiger partial charge on any atom is 0.324 e. The number of hydrogen-bond donors (Lipinski definition) is 4. The number of Topliss-reactive ketones (excluding diaryl/α,β-unsaturated/α-hetero) is 1. The van der Waals surface area contributed by atoms with Crippen molar-refractivity contribution in [1.29, 1.82) is 0 Å². The molecule has 1 aliphatic heterocycles. The standard InChI is InChI=1S/C21H32N4O4.C10H18O3.C2H6/c1-14(2)18(22-3)19(26)23-17(13-15-9-6-5-7-10-15)20(27)25-12-8-11-16(24-25)21(28)29-4;1-7(2)10(13)9(6-11)5-4-8(3)12;1-2/h5-7,9-10,14,16-18,22,24H,8,11-13H2,1-4H3,(H,23,26);6-7,9-10,13H,4-5H2,1-3H3;1-2H3/t;9-,10?;/m.0./s1. The van der Waals surface area contributed by atoms with Gasteiger partial charge in [0, 0.05) is 25.3 Å². The minimum atomic E-state index is -0.747. The molecule has 0 spiro atoms. The van der Waals surface area contributed by atoms with E-state index in [1.165, 1.54) is 19.0 Å². The number of hydrogen-bond acceptors (Lipinski definition) is 9.